The SMILES string of the molecule is CCC(CC)C(=O)NC(CCN1CCC[C@@](F)(CCc2ccc3c(n2)NCCC3)C1)C(=O)O. The van der Waals surface area contributed by atoms with Crippen LogP contribution in [0.25, 0.3) is 0 Å². The second-order valence-electron chi connectivity index (χ2n) is 9.57. The monoisotopic (exact) mass is 462 g/mol. The zero-order chi connectivity index (χ0) is 23.8. The maximum Gasteiger partial charge on any atom is 0.326 e. The molecule has 3 heterocycles. The van der Waals surface area contributed by atoms with Crippen LogP contribution in [0.2, 0.25) is 0 Å². The van der Waals surface area contributed by atoms with Gasteiger partial charge in [-0.25, -0.2) is 14.2 Å². The molecule has 1 fully saturated rings. The van der Waals surface area contributed by atoms with Gasteiger partial charge >= 0.3 is 5.97 Å². The molecule has 1 aromatic rings. The normalized spacial score (nSPS) is 21.8. The lowest BCUT2D eigenvalue weighted by Gasteiger charge is -2.38. The molecule has 3 rings (SSSR count). The third-order valence-electron chi connectivity index (χ3n) is 7.09. The van der Waals surface area contributed by atoms with E-state index in [1.54, 1.807) is 0 Å². The molecule has 184 valence electrons. The number of aliphatic carboxylic acids is 1. The molecule has 0 aliphatic carbocycles. The summed E-state index contributed by atoms with van der Waals surface area (Å²) >= 11 is 0. The van der Waals surface area contributed by atoms with Crippen LogP contribution in [0.4, 0.5) is 10.2 Å². The Hall–Kier alpha value is -2.22. The first kappa shape index (κ1) is 25.4. The van der Waals surface area contributed by atoms with Crippen LogP contribution in [0.1, 0.15) is 70.1 Å². The van der Waals surface area contributed by atoms with E-state index in [9.17, 15) is 14.7 Å². The summed E-state index contributed by atoms with van der Waals surface area (Å²) in [4.78, 5) is 30.7. The van der Waals surface area contributed by atoms with Crippen molar-refractivity contribution in [3.05, 3.63) is 23.4 Å². The van der Waals surface area contributed by atoms with Crippen molar-refractivity contribution in [2.24, 2.45) is 5.92 Å². The number of carbonyl (C=O) groups excluding carboxylic acids is 1. The first-order valence-electron chi connectivity index (χ1n) is 12.5. The molecule has 0 saturated carbocycles. The lowest BCUT2D eigenvalue weighted by atomic mass is 9.89. The van der Waals surface area contributed by atoms with E-state index in [0.717, 1.165) is 43.9 Å². The van der Waals surface area contributed by atoms with Gasteiger partial charge in [-0.15, -0.1) is 0 Å². The van der Waals surface area contributed by atoms with E-state index in [1.165, 1.54) is 5.56 Å². The van der Waals surface area contributed by atoms with Gasteiger partial charge in [0.25, 0.3) is 0 Å². The number of likely N-dealkylation sites (tertiary alicyclic amines) is 1. The van der Waals surface area contributed by atoms with Crippen LogP contribution in [0.15, 0.2) is 12.1 Å². The first-order chi connectivity index (χ1) is 15.8. The van der Waals surface area contributed by atoms with E-state index < -0.39 is 17.7 Å². The van der Waals surface area contributed by atoms with Gasteiger partial charge in [-0.3, -0.25) is 4.79 Å². The Kier molecular flexibility index (Phi) is 9.06. The number of hydrogen-bond donors (Lipinski definition) is 3. The van der Waals surface area contributed by atoms with Crippen LogP contribution in [0.3, 0.4) is 0 Å². The molecule has 1 amide bonds. The Morgan fingerprint density at radius 3 is 2.82 bits per heavy atom. The molecule has 1 unspecified atom stereocenters. The summed E-state index contributed by atoms with van der Waals surface area (Å²) in [6.45, 7) is 6.28. The molecule has 1 aromatic heterocycles. The largest absolute Gasteiger partial charge is 0.480 e. The highest BCUT2D eigenvalue weighted by Gasteiger charge is 2.36. The molecule has 0 radical (unpaired) electrons. The topological polar surface area (TPSA) is 94.6 Å². The van der Waals surface area contributed by atoms with Crippen LogP contribution in [0, 0.1) is 5.92 Å². The minimum atomic E-state index is -1.30. The third kappa shape index (κ3) is 7.13. The zero-order valence-electron chi connectivity index (χ0n) is 20.0. The average Bonchev–Trinajstić information content (AvgIpc) is 2.81. The number of anilines is 1. The first-order valence-corrected chi connectivity index (χ1v) is 12.5. The van der Waals surface area contributed by atoms with Gasteiger partial charge in [-0.05, 0) is 76.0 Å². The fourth-order valence-electron chi connectivity index (χ4n) is 4.95. The van der Waals surface area contributed by atoms with Gasteiger partial charge in [0, 0.05) is 31.2 Å². The number of hydrogen-bond acceptors (Lipinski definition) is 5. The standard InChI is InChI=1S/C25H39FN4O3/c1-3-18(4-2)23(31)29-21(24(32)33)11-16-30-15-6-12-25(26,17-30)13-10-20-9-8-19-7-5-14-27-22(19)28-20/h8-9,18,21H,3-7,10-17H2,1-2H3,(H,27,28)(H,29,31)(H,32,33)/t21?,25-/m1/s1. The van der Waals surface area contributed by atoms with Crippen molar-refractivity contribution in [3.63, 3.8) is 0 Å². The number of nitrogens with one attached hydrogen (secondary N) is 2. The number of alkyl halides is 1. The minimum absolute atomic E-state index is 0.173. The van der Waals surface area contributed by atoms with E-state index >= 15 is 4.39 Å². The Morgan fingerprint density at radius 2 is 2.09 bits per heavy atom. The van der Waals surface area contributed by atoms with E-state index in [2.05, 4.69) is 21.7 Å². The number of halogens is 1. The van der Waals surface area contributed by atoms with Crippen molar-refractivity contribution >= 4 is 17.7 Å². The molecule has 2 aliphatic heterocycles. The smallest absolute Gasteiger partial charge is 0.326 e. The molecule has 2 atom stereocenters. The molecule has 33 heavy (non-hydrogen) atoms. The second kappa shape index (κ2) is 11.8. The van der Waals surface area contributed by atoms with Crippen LogP contribution in [-0.2, 0) is 22.4 Å². The fraction of sp³-hybridized carbons (Fsp3) is 0.720. The molecular formula is C25H39FN4O3. The quantitative estimate of drug-likeness (QED) is 0.465. The lowest BCUT2D eigenvalue weighted by molar-refractivity contribution is -0.142. The van der Waals surface area contributed by atoms with Crippen LogP contribution < -0.4 is 10.6 Å². The van der Waals surface area contributed by atoms with E-state index in [4.69, 9.17) is 0 Å². The summed E-state index contributed by atoms with van der Waals surface area (Å²) < 4.78 is 15.7. The molecule has 8 heteroatoms. The summed E-state index contributed by atoms with van der Waals surface area (Å²) in [6, 6.07) is 3.17. The molecule has 0 aromatic carbocycles. The Balaban J connectivity index is 1.51. The molecule has 7 nitrogen and oxygen atoms in total. The maximum absolute atomic E-state index is 15.7. The summed E-state index contributed by atoms with van der Waals surface area (Å²) in [5.41, 5.74) is 0.834. The Bertz CT molecular complexity index is 817. The van der Waals surface area contributed by atoms with Crippen molar-refractivity contribution in [2.75, 3.05) is 31.5 Å². The lowest BCUT2D eigenvalue weighted by Crippen LogP contribution is -2.49. The number of rotatable bonds is 11. The summed E-state index contributed by atoms with van der Waals surface area (Å²) in [7, 11) is 0. The Morgan fingerprint density at radius 1 is 1.30 bits per heavy atom. The minimum Gasteiger partial charge on any atom is -0.480 e. The van der Waals surface area contributed by atoms with Crippen LogP contribution >= 0.6 is 0 Å². The van der Waals surface area contributed by atoms with Gasteiger partial charge in [0.15, 0.2) is 0 Å². The van der Waals surface area contributed by atoms with Gasteiger partial charge in [-0.1, -0.05) is 19.9 Å². The van der Waals surface area contributed by atoms with Crippen molar-refractivity contribution in [3.8, 4) is 0 Å². The fourth-order valence-corrected chi connectivity index (χ4v) is 4.95. The number of carbonyl (C=O) groups is 2. The Labute approximate surface area is 196 Å². The summed E-state index contributed by atoms with van der Waals surface area (Å²) in [6.07, 6.45) is 6.03. The molecule has 1 saturated heterocycles. The van der Waals surface area contributed by atoms with E-state index in [0.29, 0.717) is 45.2 Å². The van der Waals surface area contributed by atoms with Crippen molar-refractivity contribution < 1.29 is 19.1 Å². The van der Waals surface area contributed by atoms with Gasteiger partial charge in [0.1, 0.15) is 17.5 Å². The molecular weight excluding hydrogens is 423 g/mol. The molecule has 0 spiro atoms. The van der Waals surface area contributed by atoms with E-state index in [1.807, 2.05) is 24.8 Å². The van der Waals surface area contributed by atoms with Crippen molar-refractivity contribution in [2.45, 2.75) is 83.3 Å². The number of nitrogens with zero attached hydrogens (tertiary/aromatic N) is 2. The highest BCUT2D eigenvalue weighted by Crippen LogP contribution is 2.31. The summed E-state index contributed by atoms with van der Waals surface area (Å²) in [5.74, 6) is -0.484. The van der Waals surface area contributed by atoms with Gasteiger partial charge in [-0.2, -0.15) is 0 Å². The second-order valence-corrected chi connectivity index (χ2v) is 9.57. The third-order valence-corrected chi connectivity index (χ3v) is 7.09. The molecule has 0 bridgehead atoms. The summed E-state index contributed by atoms with van der Waals surface area (Å²) in [5, 5.41) is 15.6. The number of piperidine rings is 1. The van der Waals surface area contributed by atoms with Gasteiger partial charge in [0.2, 0.25) is 5.91 Å². The number of fused-ring (bicyclic) bond motifs is 1. The highest BCUT2D eigenvalue weighted by atomic mass is 19.1. The van der Waals surface area contributed by atoms with Crippen molar-refractivity contribution in [1.82, 2.24) is 15.2 Å². The molecule has 2 aliphatic rings. The number of amides is 1. The zero-order valence-corrected chi connectivity index (χ0v) is 20.0. The number of aromatic nitrogens is 1. The predicted octanol–water partition coefficient (Wildman–Crippen LogP) is 3.57. The number of pyridine rings is 1. The molecule has 3 N–H and O–H groups in total. The average molecular weight is 463 g/mol. The highest BCUT2D eigenvalue weighted by molar-refractivity contribution is 5.84. The van der Waals surface area contributed by atoms with Crippen molar-refractivity contribution in [1.29, 1.82) is 0 Å². The van der Waals surface area contributed by atoms with E-state index in [-0.39, 0.29) is 18.2 Å². The number of aryl methyl sites for hydroxylation is 2. The number of carboxylic acids is 1. The van der Waals surface area contributed by atoms with Crippen LogP contribution in [0.5, 0.6) is 0 Å². The maximum atomic E-state index is 15.7. The van der Waals surface area contributed by atoms with Gasteiger partial charge < -0.3 is 20.6 Å². The predicted molar refractivity (Wildman–Crippen MR) is 127 cm³/mol. The van der Waals surface area contributed by atoms with Gasteiger partial charge in [0.05, 0.1) is 0 Å². The number of carboxylic acid groups (broad SMARTS) is 1. The van der Waals surface area contributed by atoms with Crippen LogP contribution in [-0.4, -0.2) is 64.8 Å².